The molecular formula is C21H20N4O6S. The number of ether oxygens (including phenoxy) is 1. The summed E-state index contributed by atoms with van der Waals surface area (Å²) in [5.74, 6) is -0.0368. The largest absolute Gasteiger partial charge is 0.497 e. The normalized spacial score (nSPS) is 11.2. The molecule has 1 heterocycles. The number of hydrogen-bond donors (Lipinski definition) is 1. The zero-order chi connectivity index (χ0) is 23.1. The minimum atomic E-state index is -4.05. The van der Waals surface area contributed by atoms with E-state index in [0.29, 0.717) is 11.3 Å². The Morgan fingerprint density at radius 2 is 1.91 bits per heavy atom. The number of aromatic nitrogens is 1. The molecule has 10 nitrogen and oxygen atoms in total. The molecule has 0 radical (unpaired) electrons. The molecule has 0 saturated carbocycles. The third kappa shape index (κ3) is 5.65. The Labute approximate surface area is 184 Å². The fourth-order valence-corrected chi connectivity index (χ4v) is 4.22. The maximum atomic E-state index is 13.2. The summed E-state index contributed by atoms with van der Waals surface area (Å²) in [6.45, 7) is -0.588. The number of methoxy groups -OCH3 is 1. The highest BCUT2D eigenvalue weighted by Gasteiger charge is 2.27. The van der Waals surface area contributed by atoms with E-state index in [0.717, 1.165) is 4.31 Å². The van der Waals surface area contributed by atoms with Crippen LogP contribution in [0.5, 0.6) is 5.75 Å². The number of benzene rings is 2. The Morgan fingerprint density at radius 1 is 1.16 bits per heavy atom. The Balaban J connectivity index is 1.85. The number of nitro benzene ring substituents is 1. The van der Waals surface area contributed by atoms with Crippen molar-refractivity contribution in [2.45, 2.75) is 11.4 Å². The minimum absolute atomic E-state index is 0.0586. The van der Waals surface area contributed by atoms with Gasteiger partial charge in [0.1, 0.15) is 10.6 Å². The standard InChI is InChI=1S/C21H20N4O6S/c1-31-19-9-7-16(8-10-19)14-24(32(29,30)20-6-3-11-22-13-20)15-21(26)23-17-4-2-5-18(12-17)25(27)28/h2-13H,14-15H2,1H3,(H,23,26). The highest BCUT2D eigenvalue weighted by molar-refractivity contribution is 7.89. The van der Waals surface area contributed by atoms with E-state index in [1.165, 1.54) is 55.9 Å². The number of amides is 1. The van der Waals surface area contributed by atoms with Crippen molar-refractivity contribution in [3.63, 3.8) is 0 Å². The summed E-state index contributed by atoms with van der Waals surface area (Å²) in [5.41, 5.74) is 0.634. The molecule has 0 atom stereocenters. The van der Waals surface area contributed by atoms with Gasteiger partial charge in [-0.3, -0.25) is 19.9 Å². The fraction of sp³-hybridized carbons (Fsp3) is 0.143. The number of carbonyl (C=O) groups is 1. The molecule has 0 fully saturated rings. The number of pyridine rings is 1. The topological polar surface area (TPSA) is 132 Å². The van der Waals surface area contributed by atoms with Gasteiger partial charge in [0, 0.05) is 36.8 Å². The van der Waals surface area contributed by atoms with Crippen molar-refractivity contribution in [2.24, 2.45) is 0 Å². The van der Waals surface area contributed by atoms with Gasteiger partial charge in [0.2, 0.25) is 15.9 Å². The number of carbonyl (C=O) groups excluding carboxylic acids is 1. The van der Waals surface area contributed by atoms with Crippen LogP contribution in [0.4, 0.5) is 11.4 Å². The van der Waals surface area contributed by atoms with Crippen molar-refractivity contribution in [1.29, 1.82) is 0 Å². The number of anilines is 1. The van der Waals surface area contributed by atoms with Gasteiger partial charge in [0.05, 0.1) is 18.6 Å². The molecule has 11 heteroatoms. The van der Waals surface area contributed by atoms with Crippen LogP contribution in [-0.4, -0.2) is 42.2 Å². The van der Waals surface area contributed by atoms with Crippen LogP contribution in [0.25, 0.3) is 0 Å². The highest BCUT2D eigenvalue weighted by Crippen LogP contribution is 2.21. The average Bonchev–Trinajstić information content (AvgIpc) is 2.79. The first kappa shape index (κ1) is 22.8. The van der Waals surface area contributed by atoms with E-state index in [1.54, 1.807) is 24.3 Å². The van der Waals surface area contributed by atoms with Crippen LogP contribution in [0.3, 0.4) is 0 Å². The molecule has 0 aliphatic heterocycles. The van der Waals surface area contributed by atoms with Crippen LogP contribution in [0.2, 0.25) is 0 Å². The third-order valence-electron chi connectivity index (χ3n) is 4.45. The summed E-state index contributed by atoms with van der Waals surface area (Å²) in [7, 11) is -2.53. The number of nitrogens with one attached hydrogen (secondary N) is 1. The first-order valence-electron chi connectivity index (χ1n) is 9.37. The zero-order valence-corrected chi connectivity index (χ0v) is 17.9. The van der Waals surface area contributed by atoms with Crippen molar-refractivity contribution < 1.29 is 22.9 Å². The monoisotopic (exact) mass is 456 g/mol. The summed E-state index contributed by atoms with van der Waals surface area (Å²) >= 11 is 0. The number of hydrogen-bond acceptors (Lipinski definition) is 7. The molecule has 3 rings (SSSR count). The predicted molar refractivity (Wildman–Crippen MR) is 117 cm³/mol. The van der Waals surface area contributed by atoms with Crippen molar-refractivity contribution in [3.8, 4) is 5.75 Å². The molecule has 0 spiro atoms. The lowest BCUT2D eigenvalue weighted by Crippen LogP contribution is -2.37. The summed E-state index contributed by atoms with van der Waals surface area (Å²) in [4.78, 5) is 26.8. The Bertz CT molecular complexity index is 1200. The minimum Gasteiger partial charge on any atom is -0.497 e. The van der Waals surface area contributed by atoms with Gasteiger partial charge >= 0.3 is 0 Å². The second kappa shape index (κ2) is 9.98. The summed E-state index contributed by atoms with van der Waals surface area (Å²) in [5, 5.41) is 13.5. The van der Waals surface area contributed by atoms with Crippen molar-refractivity contribution in [1.82, 2.24) is 9.29 Å². The summed E-state index contributed by atoms with van der Waals surface area (Å²) in [6.07, 6.45) is 2.65. The summed E-state index contributed by atoms with van der Waals surface area (Å²) in [6, 6.07) is 15.0. The second-order valence-corrected chi connectivity index (χ2v) is 8.60. The van der Waals surface area contributed by atoms with Crippen LogP contribution >= 0.6 is 0 Å². The summed E-state index contributed by atoms with van der Waals surface area (Å²) < 4.78 is 32.5. The predicted octanol–water partition coefficient (Wildman–Crippen LogP) is 2.83. The molecule has 1 aromatic heterocycles. The molecule has 32 heavy (non-hydrogen) atoms. The number of rotatable bonds is 9. The Morgan fingerprint density at radius 3 is 2.53 bits per heavy atom. The van der Waals surface area contributed by atoms with Crippen LogP contribution in [-0.2, 0) is 21.4 Å². The van der Waals surface area contributed by atoms with Gasteiger partial charge in [-0.05, 0) is 35.9 Å². The zero-order valence-electron chi connectivity index (χ0n) is 17.0. The van der Waals surface area contributed by atoms with Crippen molar-refractivity contribution >= 4 is 27.3 Å². The highest BCUT2D eigenvalue weighted by atomic mass is 32.2. The van der Waals surface area contributed by atoms with Crippen molar-refractivity contribution in [2.75, 3.05) is 19.0 Å². The lowest BCUT2D eigenvalue weighted by Gasteiger charge is -2.22. The maximum Gasteiger partial charge on any atom is 0.271 e. The molecule has 166 valence electrons. The molecule has 0 saturated heterocycles. The lowest BCUT2D eigenvalue weighted by atomic mass is 10.2. The first-order valence-corrected chi connectivity index (χ1v) is 10.8. The first-order chi connectivity index (χ1) is 15.3. The molecule has 2 aromatic carbocycles. The quantitative estimate of drug-likeness (QED) is 0.387. The molecule has 0 bridgehead atoms. The number of nitro groups is 1. The lowest BCUT2D eigenvalue weighted by molar-refractivity contribution is -0.384. The van der Waals surface area contributed by atoms with E-state index in [2.05, 4.69) is 10.3 Å². The molecular weight excluding hydrogens is 436 g/mol. The Hall–Kier alpha value is -3.83. The van der Waals surface area contributed by atoms with Gasteiger partial charge in [-0.15, -0.1) is 0 Å². The van der Waals surface area contributed by atoms with Gasteiger partial charge in [0.25, 0.3) is 5.69 Å². The third-order valence-corrected chi connectivity index (χ3v) is 6.23. The van der Waals surface area contributed by atoms with E-state index >= 15 is 0 Å². The van der Waals surface area contributed by atoms with Gasteiger partial charge in [0.15, 0.2) is 0 Å². The van der Waals surface area contributed by atoms with Crippen molar-refractivity contribution in [3.05, 3.63) is 88.7 Å². The van der Waals surface area contributed by atoms with E-state index in [1.807, 2.05) is 0 Å². The molecule has 1 amide bonds. The van der Waals surface area contributed by atoms with Gasteiger partial charge in [-0.2, -0.15) is 4.31 Å². The average molecular weight is 456 g/mol. The molecule has 0 unspecified atom stereocenters. The van der Waals surface area contributed by atoms with Crippen LogP contribution in [0.1, 0.15) is 5.56 Å². The van der Waals surface area contributed by atoms with E-state index in [9.17, 15) is 23.3 Å². The van der Waals surface area contributed by atoms with E-state index in [-0.39, 0.29) is 22.8 Å². The molecule has 0 aliphatic carbocycles. The fourth-order valence-electron chi connectivity index (χ4n) is 2.87. The molecule has 3 aromatic rings. The number of non-ortho nitro benzene ring substituents is 1. The van der Waals surface area contributed by atoms with Crippen LogP contribution < -0.4 is 10.1 Å². The Kier molecular flexibility index (Phi) is 7.13. The van der Waals surface area contributed by atoms with Crippen LogP contribution in [0, 0.1) is 10.1 Å². The SMILES string of the molecule is COc1ccc(CN(CC(=O)Nc2cccc([N+](=O)[O-])c2)S(=O)(=O)c2cccnc2)cc1. The van der Waals surface area contributed by atoms with Gasteiger partial charge in [-0.1, -0.05) is 18.2 Å². The number of sulfonamides is 1. The smallest absolute Gasteiger partial charge is 0.271 e. The van der Waals surface area contributed by atoms with Crippen LogP contribution in [0.15, 0.2) is 78.0 Å². The molecule has 1 N–H and O–H groups in total. The van der Waals surface area contributed by atoms with Gasteiger partial charge < -0.3 is 10.1 Å². The number of nitrogens with zero attached hydrogens (tertiary/aromatic N) is 3. The van der Waals surface area contributed by atoms with Gasteiger partial charge in [-0.25, -0.2) is 8.42 Å². The maximum absolute atomic E-state index is 13.2. The van der Waals surface area contributed by atoms with E-state index in [4.69, 9.17) is 4.74 Å². The second-order valence-electron chi connectivity index (χ2n) is 6.67. The molecule has 0 aliphatic rings. The van der Waals surface area contributed by atoms with E-state index < -0.39 is 27.4 Å².